The molecule has 1 fully saturated rings. The van der Waals surface area contributed by atoms with Crippen LogP contribution in [-0.4, -0.2) is 69.5 Å². The van der Waals surface area contributed by atoms with E-state index in [0.29, 0.717) is 16.5 Å². The SMILES string of the molecule is CC(=CCc1c(OC2OC(CO)C(O)C(O)C2O)ccc2ccc(=O)oc12)CO. The summed E-state index contributed by atoms with van der Waals surface area (Å²) in [5, 5.41) is 49.3. The van der Waals surface area contributed by atoms with Crippen molar-refractivity contribution in [3.63, 3.8) is 0 Å². The number of benzene rings is 1. The van der Waals surface area contributed by atoms with Crippen LogP contribution in [0.15, 0.2) is 45.1 Å². The van der Waals surface area contributed by atoms with Gasteiger partial charge in [0.05, 0.1) is 13.2 Å². The summed E-state index contributed by atoms with van der Waals surface area (Å²) in [5.74, 6) is 0.221. The van der Waals surface area contributed by atoms with E-state index in [9.17, 15) is 30.3 Å². The first kappa shape index (κ1) is 21.4. The predicted octanol–water partition coefficient (Wildman–Crippen LogP) is -0.547. The van der Waals surface area contributed by atoms with Crippen LogP contribution in [0.4, 0.5) is 0 Å². The van der Waals surface area contributed by atoms with E-state index >= 15 is 0 Å². The Bertz CT molecular complexity index is 933. The van der Waals surface area contributed by atoms with Gasteiger partial charge in [-0.1, -0.05) is 11.6 Å². The van der Waals surface area contributed by atoms with Crippen molar-refractivity contribution in [2.75, 3.05) is 13.2 Å². The third kappa shape index (κ3) is 4.50. The van der Waals surface area contributed by atoms with Gasteiger partial charge >= 0.3 is 5.63 Å². The van der Waals surface area contributed by atoms with Crippen molar-refractivity contribution in [3.8, 4) is 5.75 Å². The lowest BCUT2D eigenvalue weighted by Gasteiger charge is -2.39. The van der Waals surface area contributed by atoms with Gasteiger partial charge in [0.1, 0.15) is 35.7 Å². The molecule has 1 aromatic carbocycles. The fraction of sp³-hybridized carbons (Fsp3) is 0.450. The minimum Gasteiger partial charge on any atom is -0.462 e. The first-order chi connectivity index (χ1) is 13.8. The molecule has 2 heterocycles. The normalized spacial score (nSPS) is 27.9. The van der Waals surface area contributed by atoms with Gasteiger partial charge in [-0.2, -0.15) is 0 Å². The molecular formula is C20H24O9. The molecule has 1 saturated heterocycles. The molecule has 29 heavy (non-hydrogen) atoms. The summed E-state index contributed by atoms with van der Waals surface area (Å²) in [4.78, 5) is 11.7. The smallest absolute Gasteiger partial charge is 0.336 e. The van der Waals surface area contributed by atoms with Gasteiger partial charge in [0, 0.05) is 17.0 Å². The highest BCUT2D eigenvalue weighted by molar-refractivity contribution is 5.82. The van der Waals surface area contributed by atoms with Gasteiger partial charge in [0.15, 0.2) is 0 Å². The fourth-order valence-corrected chi connectivity index (χ4v) is 3.11. The van der Waals surface area contributed by atoms with Gasteiger partial charge in [0.25, 0.3) is 0 Å². The first-order valence-electron chi connectivity index (χ1n) is 9.15. The minimum absolute atomic E-state index is 0.141. The summed E-state index contributed by atoms with van der Waals surface area (Å²) in [6.45, 7) is 1.01. The van der Waals surface area contributed by atoms with Crippen LogP contribution in [0.5, 0.6) is 5.75 Å². The van der Waals surface area contributed by atoms with E-state index in [1.807, 2.05) is 0 Å². The Morgan fingerprint density at radius 2 is 1.83 bits per heavy atom. The zero-order valence-electron chi connectivity index (χ0n) is 15.8. The Morgan fingerprint density at radius 3 is 2.52 bits per heavy atom. The van der Waals surface area contributed by atoms with Crippen LogP contribution >= 0.6 is 0 Å². The Hall–Kier alpha value is -2.27. The molecule has 0 bridgehead atoms. The molecule has 1 aliphatic heterocycles. The van der Waals surface area contributed by atoms with Crippen LogP contribution in [0.1, 0.15) is 12.5 Å². The Labute approximate surface area is 166 Å². The summed E-state index contributed by atoms with van der Waals surface area (Å²) in [7, 11) is 0. The first-order valence-corrected chi connectivity index (χ1v) is 9.15. The second kappa shape index (κ2) is 9.04. The summed E-state index contributed by atoms with van der Waals surface area (Å²) in [5.41, 5.74) is 0.900. The van der Waals surface area contributed by atoms with Crippen LogP contribution in [-0.2, 0) is 11.2 Å². The Kier molecular flexibility index (Phi) is 6.68. The van der Waals surface area contributed by atoms with Crippen molar-refractivity contribution in [1.29, 1.82) is 0 Å². The molecular weight excluding hydrogens is 384 g/mol. The molecule has 9 heteroatoms. The summed E-state index contributed by atoms with van der Waals surface area (Å²) in [6.07, 6.45) is -5.15. The lowest BCUT2D eigenvalue weighted by Crippen LogP contribution is -2.60. The molecule has 0 aliphatic carbocycles. The molecule has 2 aromatic rings. The quantitative estimate of drug-likeness (QED) is 0.313. The molecule has 5 unspecified atom stereocenters. The molecule has 0 saturated carbocycles. The van der Waals surface area contributed by atoms with E-state index in [1.54, 1.807) is 31.2 Å². The van der Waals surface area contributed by atoms with Crippen LogP contribution in [0.3, 0.4) is 0 Å². The third-order valence-corrected chi connectivity index (χ3v) is 4.85. The maximum absolute atomic E-state index is 11.7. The van der Waals surface area contributed by atoms with Crippen LogP contribution < -0.4 is 10.4 Å². The van der Waals surface area contributed by atoms with E-state index in [2.05, 4.69) is 0 Å². The van der Waals surface area contributed by atoms with Gasteiger partial charge in [-0.05, 0) is 31.5 Å². The van der Waals surface area contributed by atoms with E-state index in [0.717, 1.165) is 0 Å². The van der Waals surface area contributed by atoms with Crippen molar-refractivity contribution >= 4 is 11.0 Å². The maximum Gasteiger partial charge on any atom is 0.336 e. The lowest BCUT2D eigenvalue weighted by atomic mass is 9.99. The molecule has 0 radical (unpaired) electrons. The second-order valence-corrected chi connectivity index (χ2v) is 6.94. The van der Waals surface area contributed by atoms with E-state index < -0.39 is 42.9 Å². The summed E-state index contributed by atoms with van der Waals surface area (Å²) < 4.78 is 16.5. The van der Waals surface area contributed by atoms with Crippen molar-refractivity contribution in [2.45, 2.75) is 44.1 Å². The van der Waals surface area contributed by atoms with Gasteiger partial charge in [-0.3, -0.25) is 0 Å². The van der Waals surface area contributed by atoms with Crippen molar-refractivity contribution in [3.05, 3.63) is 51.9 Å². The number of aliphatic hydroxyl groups excluding tert-OH is 5. The van der Waals surface area contributed by atoms with E-state index in [1.165, 1.54) is 6.07 Å². The zero-order valence-corrected chi connectivity index (χ0v) is 15.8. The van der Waals surface area contributed by atoms with Gasteiger partial charge in [0.2, 0.25) is 6.29 Å². The standard InChI is InChI=1S/C20H24O9/c1-10(8-21)2-5-12-13(6-3-11-4-7-15(23)29-19(11)12)27-20-18(26)17(25)16(24)14(9-22)28-20/h2-4,6-7,14,16-18,20-22,24-26H,5,8-9H2,1H3. The molecule has 5 atom stereocenters. The number of ether oxygens (including phenoxy) is 2. The zero-order chi connectivity index (χ0) is 21.1. The third-order valence-electron chi connectivity index (χ3n) is 4.85. The molecule has 1 aromatic heterocycles. The molecule has 158 valence electrons. The van der Waals surface area contributed by atoms with Crippen molar-refractivity contribution < 1.29 is 39.4 Å². The second-order valence-electron chi connectivity index (χ2n) is 6.94. The highest BCUT2D eigenvalue weighted by Gasteiger charge is 2.44. The largest absolute Gasteiger partial charge is 0.462 e. The van der Waals surface area contributed by atoms with E-state index in [-0.39, 0.29) is 24.4 Å². The average molecular weight is 408 g/mol. The predicted molar refractivity (Wildman–Crippen MR) is 101 cm³/mol. The number of hydrogen-bond acceptors (Lipinski definition) is 9. The van der Waals surface area contributed by atoms with Crippen molar-refractivity contribution in [2.24, 2.45) is 0 Å². The molecule has 5 N–H and O–H groups in total. The van der Waals surface area contributed by atoms with Crippen LogP contribution in [0.2, 0.25) is 0 Å². The molecule has 9 nitrogen and oxygen atoms in total. The lowest BCUT2D eigenvalue weighted by molar-refractivity contribution is -0.277. The Balaban J connectivity index is 2.00. The number of allylic oxidation sites excluding steroid dienone is 1. The highest BCUT2D eigenvalue weighted by Crippen LogP contribution is 2.31. The van der Waals surface area contributed by atoms with Gasteiger partial charge < -0.3 is 39.4 Å². The van der Waals surface area contributed by atoms with Crippen molar-refractivity contribution in [1.82, 2.24) is 0 Å². The summed E-state index contributed by atoms with van der Waals surface area (Å²) in [6, 6.07) is 6.15. The molecule has 1 aliphatic rings. The molecule has 0 amide bonds. The maximum atomic E-state index is 11.7. The minimum atomic E-state index is -1.58. The van der Waals surface area contributed by atoms with Crippen LogP contribution in [0, 0.1) is 0 Å². The van der Waals surface area contributed by atoms with Gasteiger partial charge in [-0.25, -0.2) is 4.79 Å². The highest BCUT2D eigenvalue weighted by atomic mass is 16.7. The summed E-state index contributed by atoms with van der Waals surface area (Å²) >= 11 is 0. The number of rotatable bonds is 6. The van der Waals surface area contributed by atoms with Crippen LogP contribution in [0.25, 0.3) is 11.0 Å². The number of aliphatic hydroxyl groups is 5. The monoisotopic (exact) mass is 408 g/mol. The molecule has 3 rings (SSSR count). The average Bonchev–Trinajstić information content (AvgIpc) is 2.72. The Morgan fingerprint density at radius 1 is 1.10 bits per heavy atom. The fourth-order valence-electron chi connectivity index (χ4n) is 3.11. The molecule has 0 spiro atoms. The van der Waals surface area contributed by atoms with Gasteiger partial charge in [-0.15, -0.1) is 0 Å². The number of fused-ring (bicyclic) bond motifs is 1. The van der Waals surface area contributed by atoms with E-state index in [4.69, 9.17) is 13.9 Å². The number of hydrogen-bond donors (Lipinski definition) is 5. The topological polar surface area (TPSA) is 150 Å².